The van der Waals surface area contributed by atoms with Crippen LogP contribution in [0.3, 0.4) is 0 Å². The molecule has 2 aliphatic carbocycles. The standard InChI is InChI=1S/C42H50N6O6S/c1-41(2,3)53-39(49)47-31-11-7-9-25(31)17-33(47)37-43-21-29(45-37)23-13-15-27-28-16-14-24(20-36(28)55(51,52)35(27)19-23)30-22-44-38(46-30)34-18-26-10-8-12-32(26)48(34)40(50)54-42(4,5)6/h13-16,19-22,25-26,31-34H,7-12,17-18H2,1-6H3,(H,43,45)(H,44,46)/t25-,26+,31-,32+,33-,34-/m0/s1. The number of amides is 2. The molecule has 4 fully saturated rings. The largest absolute Gasteiger partial charge is 0.444 e. The number of hydrogen-bond acceptors (Lipinski definition) is 8. The van der Waals surface area contributed by atoms with Crippen LogP contribution in [0.4, 0.5) is 9.59 Å². The van der Waals surface area contributed by atoms with Crippen LogP contribution in [-0.4, -0.2) is 73.6 Å². The summed E-state index contributed by atoms with van der Waals surface area (Å²) in [5.41, 5.74) is 2.86. The lowest BCUT2D eigenvalue weighted by molar-refractivity contribution is 0.0120. The van der Waals surface area contributed by atoms with E-state index in [1.54, 1.807) is 24.5 Å². The number of likely N-dealkylation sites (tertiary alicyclic amines) is 2. The molecule has 0 spiro atoms. The van der Waals surface area contributed by atoms with Crippen LogP contribution in [0.5, 0.6) is 0 Å². The van der Waals surface area contributed by atoms with E-state index in [1.165, 1.54) is 0 Å². The first-order valence-electron chi connectivity index (χ1n) is 19.7. The number of ether oxygens (including phenoxy) is 2. The molecule has 2 amide bonds. The van der Waals surface area contributed by atoms with E-state index in [0.29, 0.717) is 57.1 Å². The molecule has 0 bridgehead atoms. The van der Waals surface area contributed by atoms with Crippen molar-refractivity contribution in [1.82, 2.24) is 29.7 Å². The van der Waals surface area contributed by atoms with Gasteiger partial charge in [-0.3, -0.25) is 9.80 Å². The van der Waals surface area contributed by atoms with Gasteiger partial charge in [0.25, 0.3) is 0 Å². The van der Waals surface area contributed by atoms with Crippen molar-refractivity contribution in [3.05, 3.63) is 60.4 Å². The second-order valence-electron chi connectivity index (χ2n) is 18.1. The second-order valence-corrected chi connectivity index (χ2v) is 20.0. The van der Waals surface area contributed by atoms with Crippen molar-refractivity contribution in [2.24, 2.45) is 11.8 Å². The van der Waals surface area contributed by atoms with Gasteiger partial charge in [-0.2, -0.15) is 0 Å². The second kappa shape index (κ2) is 12.7. The van der Waals surface area contributed by atoms with Crippen LogP contribution in [-0.2, 0) is 19.3 Å². The fourth-order valence-electron chi connectivity index (χ4n) is 9.91. The van der Waals surface area contributed by atoms with Gasteiger partial charge >= 0.3 is 12.2 Å². The summed E-state index contributed by atoms with van der Waals surface area (Å²) in [6, 6.07) is 10.8. The molecule has 12 nitrogen and oxygen atoms in total. The Hall–Kier alpha value is -4.65. The summed E-state index contributed by atoms with van der Waals surface area (Å²) >= 11 is 0. The highest BCUT2D eigenvalue weighted by Gasteiger charge is 2.50. The van der Waals surface area contributed by atoms with Crippen molar-refractivity contribution in [2.75, 3.05) is 0 Å². The van der Waals surface area contributed by atoms with Gasteiger partial charge in [0.1, 0.15) is 22.9 Å². The van der Waals surface area contributed by atoms with Gasteiger partial charge in [0.2, 0.25) is 9.84 Å². The van der Waals surface area contributed by atoms with Gasteiger partial charge in [-0.15, -0.1) is 0 Å². The molecule has 4 aromatic rings. The van der Waals surface area contributed by atoms with Crippen molar-refractivity contribution in [3.8, 4) is 33.6 Å². The lowest BCUT2D eigenvalue weighted by Crippen LogP contribution is -2.41. The zero-order chi connectivity index (χ0) is 38.6. The number of fused-ring (bicyclic) bond motifs is 5. The molecular weight excluding hydrogens is 717 g/mol. The summed E-state index contributed by atoms with van der Waals surface area (Å²) in [6.07, 6.45) is 10.7. The van der Waals surface area contributed by atoms with Crippen molar-refractivity contribution >= 4 is 22.0 Å². The smallest absolute Gasteiger partial charge is 0.411 e. The Labute approximate surface area is 322 Å². The molecule has 5 heterocycles. The van der Waals surface area contributed by atoms with Gasteiger partial charge in [-0.05, 0) is 104 Å². The zero-order valence-electron chi connectivity index (χ0n) is 32.4. The molecule has 9 rings (SSSR count). The van der Waals surface area contributed by atoms with Gasteiger partial charge in [0.15, 0.2) is 0 Å². The highest BCUT2D eigenvalue weighted by atomic mass is 32.2. The maximum absolute atomic E-state index is 14.2. The third kappa shape index (κ3) is 6.22. The summed E-state index contributed by atoms with van der Waals surface area (Å²) in [6.45, 7) is 11.3. The zero-order valence-corrected chi connectivity index (χ0v) is 33.2. The predicted octanol–water partition coefficient (Wildman–Crippen LogP) is 8.98. The van der Waals surface area contributed by atoms with Crippen LogP contribution < -0.4 is 0 Å². The minimum Gasteiger partial charge on any atom is -0.444 e. The lowest BCUT2D eigenvalue weighted by Gasteiger charge is -2.31. The molecule has 2 saturated heterocycles. The number of sulfone groups is 1. The normalized spacial score (nSPS) is 26.5. The number of carbonyl (C=O) groups is 2. The third-order valence-electron chi connectivity index (χ3n) is 12.2. The van der Waals surface area contributed by atoms with Crippen LogP contribution in [0.1, 0.15) is 117 Å². The average Bonchev–Trinajstić information content (AvgIpc) is 3.95. The SMILES string of the molecule is CC(C)(C)OC(=O)N1[C@@H]2CCC[C@@H]2C[C@H]1c1ncc(-c2ccc3c(c2)S(=O)(=O)c2cc(-c4cnc([C@@H]5C[C@@H]6CCC[C@@H]6N5C(=O)OC(C)(C)C)[nH]4)ccc2-3)[nH]1. The number of H-pyrrole nitrogens is 2. The summed E-state index contributed by atoms with van der Waals surface area (Å²) in [7, 11) is -3.85. The fourth-order valence-corrected chi connectivity index (χ4v) is 11.7. The van der Waals surface area contributed by atoms with E-state index in [4.69, 9.17) is 19.4 Å². The first kappa shape index (κ1) is 36.0. The van der Waals surface area contributed by atoms with Crippen molar-refractivity contribution in [3.63, 3.8) is 0 Å². The number of imidazole rings is 2. The Morgan fingerprint density at radius 2 is 1.09 bits per heavy atom. The summed E-state index contributed by atoms with van der Waals surface area (Å²) in [5.74, 6) is 2.17. The van der Waals surface area contributed by atoms with Crippen LogP contribution in [0.15, 0.2) is 58.6 Å². The van der Waals surface area contributed by atoms with Crippen LogP contribution in [0.25, 0.3) is 33.6 Å². The van der Waals surface area contributed by atoms with E-state index < -0.39 is 21.0 Å². The summed E-state index contributed by atoms with van der Waals surface area (Å²) in [4.78, 5) is 47.5. The van der Waals surface area contributed by atoms with Crippen LogP contribution in [0, 0.1) is 11.8 Å². The molecule has 0 radical (unpaired) electrons. The third-order valence-corrected chi connectivity index (χ3v) is 14.0. The summed E-state index contributed by atoms with van der Waals surface area (Å²) < 4.78 is 40.0. The van der Waals surface area contributed by atoms with E-state index >= 15 is 0 Å². The van der Waals surface area contributed by atoms with Crippen LogP contribution >= 0.6 is 0 Å². The topological polar surface area (TPSA) is 151 Å². The first-order valence-corrected chi connectivity index (χ1v) is 21.2. The molecule has 2 aromatic carbocycles. The molecule has 0 unspecified atom stereocenters. The fraction of sp³-hybridized carbons (Fsp3) is 0.524. The van der Waals surface area contributed by atoms with Crippen molar-refractivity contribution in [2.45, 2.75) is 138 Å². The van der Waals surface area contributed by atoms with E-state index in [-0.39, 0.29) is 46.1 Å². The molecule has 13 heteroatoms. The molecule has 2 N–H and O–H groups in total. The Morgan fingerprint density at radius 3 is 1.49 bits per heavy atom. The van der Waals surface area contributed by atoms with Gasteiger partial charge in [-0.25, -0.2) is 28.0 Å². The van der Waals surface area contributed by atoms with Crippen molar-refractivity contribution in [1.29, 1.82) is 0 Å². The van der Waals surface area contributed by atoms with E-state index in [0.717, 1.165) is 51.4 Å². The van der Waals surface area contributed by atoms with Gasteiger partial charge in [-0.1, -0.05) is 37.1 Å². The number of nitrogens with one attached hydrogen (secondary N) is 2. The highest BCUT2D eigenvalue weighted by Crippen LogP contribution is 2.50. The monoisotopic (exact) mass is 766 g/mol. The Balaban J connectivity index is 0.970. The predicted molar refractivity (Wildman–Crippen MR) is 206 cm³/mol. The molecule has 3 aliphatic heterocycles. The molecule has 2 saturated carbocycles. The van der Waals surface area contributed by atoms with E-state index in [2.05, 4.69) is 9.97 Å². The van der Waals surface area contributed by atoms with Gasteiger partial charge in [0, 0.05) is 34.3 Å². The quantitative estimate of drug-likeness (QED) is 0.184. The summed E-state index contributed by atoms with van der Waals surface area (Å²) in [5, 5.41) is 0. The number of benzene rings is 2. The Morgan fingerprint density at radius 1 is 0.673 bits per heavy atom. The number of hydrogen-bond donors (Lipinski definition) is 2. The number of rotatable bonds is 4. The molecular formula is C42H50N6O6S. The number of aromatic amines is 2. The first-order chi connectivity index (χ1) is 26.1. The molecule has 5 aliphatic rings. The Kier molecular flexibility index (Phi) is 8.31. The number of nitrogens with zero attached hydrogens (tertiary/aromatic N) is 4. The molecule has 6 atom stereocenters. The number of carbonyl (C=O) groups excluding carboxylic acids is 2. The lowest BCUT2D eigenvalue weighted by atomic mass is 10.0. The van der Waals surface area contributed by atoms with E-state index in [9.17, 15) is 18.0 Å². The van der Waals surface area contributed by atoms with Crippen molar-refractivity contribution < 1.29 is 27.5 Å². The minimum atomic E-state index is -3.85. The maximum atomic E-state index is 14.2. The molecule has 55 heavy (non-hydrogen) atoms. The molecule has 2 aromatic heterocycles. The van der Waals surface area contributed by atoms with Gasteiger partial charge in [0.05, 0.1) is 45.7 Å². The average molecular weight is 767 g/mol. The highest BCUT2D eigenvalue weighted by molar-refractivity contribution is 7.92. The minimum absolute atomic E-state index is 0.129. The van der Waals surface area contributed by atoms with Crippen LogP contribution in [0.2, 0.25) is 0 Å². The van der Waals surface area contributed by atoms with E-state index in [1.807, 2.05) is 75.6 Å². The Bertz CT molecular complexity index is 2150. The van der Waals surface area contributed by atoms with Gasteiger partial charge < -0.3 is 19.4 Å². The maximum Gasteiger partial charge on any atom is 0.411 e. The molecule has 290 valence electrons. The number of aromatic nitrogens is 4.